The Hall–Kier alpha value is -2.47. The first-order valence-corrected chi connectivity index (χ1v) is 16.3. The van der Waals surface area contributed by atoms with Crippen molar-refractivity contribution >= 4 is 104 Å². The van der Waals surface area contributed by atoms with Gasteiger partial charge in [-0.25, -0.2) is 9.59 Å². The Balaban J connectivity index is 1.51. The third-order valence-electron chi connectivity index (χ3n) is 6.71. The number of carboxylic acid groups (broad SMARTS) is 1. The number of anilines is 2. The number of fused-ring (bicyclic) bond motifs is 1. The van der Waals surface area contributed by atoms with Crippen molar-refractivity contribution in [3.63, 3.8) is 0 Å². The minimum absolute atomic E-state index is 0.230. The molecule has 0 fully saturated rings. The summed E-state index contributed by atoms with van der Waals surface area (Å²) >= 11 is 27.0. The molecule has 14 heteroatoms. The molecule has 8 nitrogen and oxygen atoms in total. The predicted molar refractivity (Wildman–Crippen MR) is 173 cm³/mol. The van der Waals surface area contributed by atoms with Crippen molar-refractivity contribution < 1.29 is 29.0 Å². The van der Waals surface area contributed by atoms with E-state index in [0.29, 0.717) is 27.1 Å². The fourth-order valence-electron chi connectivity index (χ4n) is 4.62. The maximum absolute atomic E-state index is 13.3. The van der Waals surface area contributed by atoms with Gasteiger partial charge in [0.15, 0.2) is 0 Å². The van der Waals surface area contributed by atoms with Crippen LogP contribution >= 0.6 is 69.5 Å². The minimum Gasteiger partial charge on any atom is -0.478 e. The molecule has 0 aliphatic heterocycles. The third kappa shape index (κ3) is 7.27. The molecule has 43 heavy (non-hydrogen) atoms. The van der Waals surface area contributed by atoms with E-state index in [2.05, 4.69) is 17.6 Å². The summed E-state index contributed by atoms with van der Waals surface area (Å²) in [7, 11) is 0. The van der Waals surface area contributed by atoms with Crippen molar-refractivity contribution in [2.45, 2.75) is 50.2 Å². The number of halogens is 4. The number of hydrogen-bond donors (Lipinski definition) is 3. The molecule has 0 saturated heterocycles. The van der Waals surface area contributed by atoms with Crippen LogP contribution in [0.25, 0.3) is 0 Å². The second-order valence-corrected chi connectivity index (χ2v) is 13.8. The number of ether oxygens (including phenoxy) is 1. The third-order valence-corrected chi connectivity index (χ3v) is 10.8. The Labute approximate surface area is 276 Å². The van der Waals surface area contributed by atoms with Gasteiger partial charge in [0.05, 0.1) is 48.6 Å². The maximum Gasteiger partial charge on any atom is 0.341 e. The van der Waals surface area contributed by atoms with E-state index in [0.717, 1.165) is 29.7 Å². The highest BCUT2D eigenvalue weighted by atomic mass is 35.5. The van der Waals surface area contributed by atoms with Crippen molar-refractivity contribution in [2.24, 2.45) is 5.92 Å². The van der Waals surface area contributed by atoms with Gasteiger partial charge in [0, 0.05) is 15.5 Å². The van der Waals surface area contributed by atoms with Crippen LogP contribution in [0.3, 0.4) is 0 Å². The Bertz CT molecular complexity index is 1630. The number of thiophene rings is 1. The largest absolute Gasteiger partial charge is 0.478 e. The molecular weight excluding hydrogens is 678 g/mol. The summed E-state index contributed by atoms with van der Waals surface area (Å²) < 4.78 is 5.30. The number of nitrogens with one attached hydrogen (secondary N) is 2. The van der Waals surface area contributed by atoms with Crippen LogP contribution in [-0.2, 0) is 22.4 Å². The number of thioether (sulfide) groups is 1. The first-order chi connectivity index (χ1) is 20.3. The lowest BCUT2D eigenvalue weighted by Gasteiger charge is -2.18. The molecular formula is C29H26Cl4N2O6S2. The average Bonchev–Trinajstić information content (AvgIpc) is 3.30. The number of amides is 2. The lowest BCUT2D eigenvalue weighted by Crippen LogP contribution is -2.23. The van der Waals surface area contributed by atoms with Gasteiger partial charge in [-0.1, -0.05) is 59.4 Å². The number of esters is 1. The quantitative estimate of drug-likeness (QED) is 0.0882. The molecule has 3 aromatic rings. The number of benzene rings is 2. The van der Waals surface area contributed by atoms with E-state index < -0.39 is 39.2 Å². The summed E-state index contributed by atoms with van der Waals surface area (Å²) in [6.45, 7) is 5.86. The molecule has 2 atom stereocenters. The minimum atomic E-state index is -1.51. The van der Waals surface area contributed by atoms with E-state index in [1.165, 1.54) is 23.1 Å². The molecule has 1 aliphatic rings. The first kappa shape index (κ1) is 33.4. The fourth-order valence-corrected chi connectivity index (χ4v) is 7.96. The molecule has 2 unspecified atom stereocenters. The molecule has 1 heterocycles. The van der Waals surface area contributed by atoms with Gasteiger partial charge >= 0.3 is 11.9 Å². The highest BCUT2D eigenvalue weighted by molar-refractivity contribution is 8.00. The number of carbonyl (C=O) groups excluding carboxylic acids is 3. The van der Waals surface area contributed by atoms with E-state index in [9.17, 15) is 24.3 Å². The second kappa shape index (κ2) is 14.1. The topological polar surface area (TPSA) is 122 Å². The summed E-state index contributed by atoms with van der Waals surface area (Å²) in [6, 6.07) is 6.63. The highest BCUT2D eigenvalue weighted by Crippen LogP contribution is 2.43. The van der Waals surface area contributed by atoms with Crippen LogP contribution < -0.4 is 10.6 Å². The monoisotopic (exact) mass is 702 g/mol. The summed E-state index contributed by atoms with van der Waals surface area (Å²) in [5.74, 6) is -2.62. The van der Waals surface area contributed by atoms with Crippen LogP contribution in [0.15, 0.2) is 29.2 Å². The van der Waals surface area contributed by atoms with E-state index in [4.69, 9.17) is 51.1 Å². The van der Waals surface area contributed by atoms with Crippen molar-refractivity contribution in [2.75, 3.05) is 17.2 Å². The van der Waals surface area contributed by atoms with E-state index >= 15 is 0 Å². The molecule has 2 amide bonds. The molecule has 0 spiro atoms. The molecule has 1 aliphatic carbocycles. The molecule has 0 saturated carbocycles. The Morgan fingerprint density at radius 1 is 1.05 bits per heavy atom. The second-order valence-electron chi connectivity index (χ2n) is 9.82. The van der Waals surface area contributed by atoms with E-state index in [1.54, 1.807) is 38.1 Å². The van der Waals surface area contributed by atoms with Crippen molar-refractivity contribution in [1.82, 2.24) is 0 Å². The Kier molecular flexibility index (Phi) is 11.0. The van der Waals surface area contributed by atoms with Crippen molar-refractivity contribution in [3.8, 4) is 0 Å². The van der Waals surface area contributed by atoms with Crippen LogP contribution in [-0.4, -0.2) is 40.7 Å². The summed E-state index contributed by atoms with van der Waals surface area (Å²) in [6.07, 6.45) is 2.57. The highest BCUT2D eigenvalue weighted by Gasteiger charge is 2.31. The molecule has 1 aromatic heterocycles. The first-order valence-electron chi connectivity index (χ1n) is 13.1. The zero-order valence-electron chi connectivity index (χ0n) is 23.1. The zero-order chi connectivity index (χ0) is 31.6. The smallest absolute Gasteiger partial charge is 0.341 e. The summed E-state index contributed by atoms with van der Waals surface area (Å²) in [5.41, 5.74) is 0.675. The lowest BCUT2D eigenvalue weighted by molar-refractivity contribution is -0.115. The number of rotatable bonds is 9. The van der Waals surface area contributed by atoms with Gasteiger partial charge in [-0.15, -0.1) is 23.1 Å². The van der Waals surface area contributed by atoms with Gasteiger partial charge in [-0.05, 0) is 62.8 Å². The number of carbonyl (C=O) groups is 4. The van der Waals surface area contributed by atoms with Gasteiger partial charge in [-0.3, -0.25) is 9.59 Å². The Morgan fingerprint density at radius 3 is 2.37 bits per heavy atom. The summed E-state index contributed by atoms with van der Waals surface area (Å²) in [5, 5.41) is 13.8. The molecule has 228 valence electrons. The van der Waals surface area contributed by atoms with Crippen molar-refractivity contribution in [3.05, 3.63) is 71.5 Å². The van der Waals surface area contributed by atoms with Crippen LogP contribution in [0.4, 0.5) is 10.7 Å². The van der Waals surface area contributed by atoms with Crippen LogP contribution in [0.5, 0.6) is 0 Å². The van der Waals surface area contributed by atoms with E-state index in [-0.39, 0.29) is 27.6 Å². The van der Waals surface area contributed by atoms with Crippen LogP contribution in [0.1, 0.15) is 68.7 Å². The zero-order valence-corrected chi connectivity index (χ0v) is 27.8. The summed E-state index contributed by atoms with van der Waals surface area (Å²) in [4.78, 5) is 52.8. The van der Waals surface area contributed by atoms with Crippen molar-refractivity contribution in [1.29, 1.82) is 0 Å². The van der Waals surface area contributed by atoms with Crippen LogP contribution in [0.2, 0.25) is 20.1 Å². The maximum atomic E-state index is 13.3. The SMILES string of the molecule is CCOC(=O)c1c(NC(=O)C(C)Sc2cccc(NC(=O)c3c(Cl)c(Cl)c(Cl)c(Cl)c3C(=O)O)c2)sc2c1CCC(C)C2. The number of aromatic carboxylic acids is 1. The van der Waals surface area contributed by atoms with Gasteiger partial charge in [0.25, 0.3) is 5.91 Å². The van der Waals surface area contributed by atoms with Gasteiger partial charge in [-0.2, -0.15) is 0 Å². The number of hydrogen-bond acceptors (Lipinski definition) is 7. The van der Waals surface area contributed by atoms with Gasteiger partial charge < -0.3 is 20.5 Å². The fraction of sp³-hybridized carbons (Fsp3) is 0.310. The number of carboxylic acids is 1. The average molecular weight is 704 g/mol. The normalized spacial score (nSPS) is 14.9. The molecule has 3 N–H and O–H groups in total. The molecule has 2 aromatic carbocycles. The van der Waals surface area contributed by atoms with Gasteiger partial charge in [0.1, 0.15) is 5.00 Å². The van der Waals surface area contributed by atoms with Crippen LogP contribution in [0, 0.1) is 5.92 Å². The predicted octanol–water partition coefficient (Wildman–Crippen LogP) is 8.73. The standard InChI is InChI=1S/C29H26Cl4N2O6S2/c1-4-41-29(40)18-16-9-8-12(2)10-17(16)43-27(18)35-25(36)13(3)42-15-7-5-6-14(11-15)34-26(37)19-20(28(38)39)22(31)24(33)23(32)21(19)30/h5-7,11-13H,4,8-10H2,1-3H3,(H,34,37)(H,35,36)(H,38,39). The van der Waals surface area contributed by atoms with E-state index in [1.807, 2.05) is 0 Å². The van der Waals surface area contributed by atoms with Gasteiger partial charge in [0.2, 0.25) is 5.91 Å². The lowest BCUT2D eigenvalue weighted by atomic mass is 9.88. The Morgan fingerprint density at radius 2 is 1.72 bits per heavy atom. The molecule has 0 bridgehead atoms. The molecule has 0 radical (unpaired) electrons. The molecule has 4 rings (SSSR count).